The molecule has 0 saturated heterocycles. The fourth-order valence-corrected chi connectivity index (χ4v) is 4.61. The summed E-state index contributed by atoms with van der Waals surface area (Å²) in [6, 6.07) is 13.3. The standard InChI is InChI=1S/C27H32N6O2/c1-27(2,3)35-31-25(21-8-6-7-15-29-21)18-9-12-20(13-10-18)32(4)23-16-24(34)33(5)22-14-11-19(17-28)30-26(22)23/h6-8,11,14-16,18,20H,9-10,12-13H2,1-5H3/t18-,20-. The fourth-order valence-electron chi connectivity index (χ4n) is 4.61. The summed E-state index contributed by atoms with van der Waals surface area (Å²) in [6.07, 6.45) is 5.49. The Labute approximate surface area is 205 Å². The third-order valence-electron chi connectivity index (χ3n) is 6.54. The molecular weight excluding hydrogens is 440 g/mol. The summed E-state index contributed by atoms with van der Waals surface area (Å²) < 4.78 is 1.57. The minimum atomic E-state index is -0.382. The van der Waals surface area contributed by atoms with Crippen LogP contribution in [0.5, 0.6) is 0 Å². The van der Waals surface area contributed by atoms with Gasteiger partial charge in [-0.15, -0.1) is 0 Å². The van der Waals surface area contributed by atoms with E-state index in [1.807, 2.05) is 46.0 Å². The molecule has 3 aromatic rings. The lowest BCUT2D eigenvalue weighted by Crippen LogP contribution is -2.38. The molecule has 0 N–H and O–H groups in total. The van der Waals surface area contributed by atoms with E-state index < -0.39 is 0 Å². The molecule has 0 amide bonds. The van der Waals surface area contributed by atoms with Crippen molar-refractivity contribution >= 4 is 22.4 Å². The summed E-state index contributed by atoms with van der Waals surface area (Å²) in [4.78, 5) is 29.7. The van der Waals surface area contributed by atoms with Gasteiger partial charge < -0.3 is 14.3 Å². The lowest BCUT2D eigenvalue weighted by molar-refractivity contribution is -0.0000710. The van der Waals surface area contributed by atoms with Gasteiger partial charge in [0.15, 0.2) is 0 Å². The number of anilines is 1. The Morgan fingerprint density at radius 1 is 1.20 bits per heavy atom. The molecule has 182 valence electrons. The molecule has 35 heavy (non-hydrogen) atoms. The van der Waals surface area contributed by atoms with Crippen molar-refractivity contribution < 1.29 is 4.84 Å². The number of nitriles is 1. The monoisotopic (exact) mass is 472 g/mol. The van der Waals surface area contributed by atoms with E-state index in [-0.39, 0.29) is 23.1 Å². The van der Waals surface area contributed by atoms with Crippen molar-refractivity contribution in [1.82, 2.24) is 14.5 Å². The topological polar surface area (TPSA) is 96.4 Å². The van der Waals surface area contributed by atoms with Crippen molar-refractivity contribution in [1.29, 1.82) is 5.26 Å². The summed E-state index contributed by atoms with van der Waals surface area (Å²) in [7, 11) is 3.74. The van der Waals surface area contributed by atoms with E-state index in [0.29, 0.717) is 11.2 Å². The van der Waals surface area contributed by atoms with E-state index in [9.17, 15) is 10.1 Å². The highest BCUT2D eigenvalue weighted by Crippen LogP contribution is 2.34. The first-order chi connectivity index (χ1) is 16.7. The van der Waals surface area contributed by atoms with Crippen LogP contribution >= 0.6 is 0 Å². The highest BCUT2D eigenvalue weighted by molar-refractivity contribution is 6.00. The molecule has 0 aromatic carbocycles. The number of aromatic nitrogens is 3. The average molecular weight is 473 g/mol. The van der Waals surface area contributed by atoms with Gasteiger partial charge >= 0.3 is 0 Å². The minimum Gasteiger partial charge on any atom is -0.390 e. The zero-order valence-corrected chi connectivity index (χ0v) is 21.0. The first-order valence-corrected chi connectivity index (χ1v) is 12.0. The maximum atomic E-state index is 12.7. The van der Waals surface area contributed by atoms with Crippen LogP contribution in [0.3, 0.4) is 0 Å². The van der Waals surface area contributed by atoms with Crippen LogP contribution in [0.2, 0.25) is 0 Å². The van der Waals surface area contributed by atoms with Crippen molar-refractivity contribution in [3.8, 4) is 6.07 Å². The molecule has 0 radical (unpaired) electrons. The second kappa shape index (κ2) is 9.87. The zero-order valence-electron chi connectivity index (χ0n) is 21.0. The van der Waals surface area contributed by atoms with E-state index in [1.54, 1.807) is 36.0 Å². The third-order valence-corrected chi connectivity index (χ3v) is 6.54. The van der Waals surface area contributed by atoms with Crippen molar-refractivity contribution in [3.63, 3.8) is 0 Å². The average Bonchev–Trinajstić information content (AvgIpc) is 2.86. The van der Waals surface area contributed by atoms with Gasteiger partial charge in [0, 0.05) is 38.3 Å². The largest absolute Gasteiger partial charge is 0.390 e. The number of hydrogen-bond donors (Lipinski definition) is 0. The Morgan fingerprint density at radius 2 is 1.94 bits per heavy atom. The zero-order chi connectivity index (χ0) is 25.2. The molecule has 0 atom stereocenters. The molecule has 3 heterocycles. The molecule has 4 rings (SSSR count). The van der Waals surface area contributed by atoms with Crippen LogP contribution in [0.1, 0.15) is 57.8 Å². The lowest BCUT2D eigenvalue weighted by Gasteiger charge is -2.36. The van der Waals surface area contributed by atoms with Gasteiger partial charge in [0.2, 0.25) is 0 Å². The highest BCUT2D eigenvalue weighted by atomic mass is 16.6. The number of hydrogen-bond acceptors (Lipinski definition) is 7. The number of aryl methyl sites for hydroxylation is 1. The molecule has 8 heteroatoms. The molecule has 0 spiro atoms. The van der Waals surface area contributed by atoms with Crippen LogP contribution in [0, 0.1) is 17.2 Å². The summed E-state index contributed by atoms with van der Waals surface area (Å²) >= 11 is 0. The first-order valence-electron chi connectivity index (χ1n) is 12.0. The summed E-state index contributed by atoms with van der Waals surface area (Å²) in [5.74, 6) is 0.237. The lowest BCUT2D eigenvalue weighted by atomic mass is 9.81. The van der Waals surface area contributed by atoms with Crippen LogP contribution in [0.4, 0.5) is 5.69 Å². The summed E-state index contributed by atoms with van der Waals surface area (Å²) in [6.45, 7) is 5.95. The van der Waals surface area contributed by atoms with Gasteiger partial charge in [0.25, 0.3) is 5.56 Å². The molecule has 8 nitrogen and oxygen atoms in total. The number of oxime groups is 1. The Balaban J connectivity index is 1.59. The van der Waals surface area contributed by atoms with E-state index in [1.165, 1.54) is 0 Å². The van der Waals surface area contributed by atoms with E-state index in [2.05, 4.69) is 26.1 Å². The number of nitrogens with zero attached hydrogens (tertiary/aromatic N) is 6. The molecule has 1 fully saturated rings. The number of fused-ring (bicyclic) bond motifs is 1. The second-order valence-electron chi connectivity index (χ2n) is 10.1. The van der Waals surface area contributed by atoms with Crippen LogP contribution in [0.15, 0.2) is 52.5 Å². The maximum absolute atomic E-state index is 12.7. The molecule has 0 bridgehead atoms. The SMILES string of the molecule is Cn1c(=O)cc(N(C)[C@H]2CC[C@H](C(=NOC(C)(C)C)c3ccccn3)CC2)c2nc(C#N)ccc21. The summed E-state index contributed by atoms with van der Waals surface area (Å²) in [5.41, 5.74) is 3.75. The van der Waals surface area contributed by atoms with Crippen LogP contribution in [0.25, 0.3) is 11.0 Å². The first kappa shape index (κ1) is 24.4. The van der Waals surface area contributed by atoms with E-state index in [0.717, 1.165) is 48.3 Å². The molecule has 0 unspecified atom stereocenters. The van der Waals surface area contributed by atoms with E-state index >= 15 is 0 Å². The maximum Gasteiger partial charge on any atom is 0.252 e. The predicted molar refractivity (Wildman–Crippen MR) is 137 cm³/mol. The third kappa shape index (κ3) is 5.35. The van der Waals surface area contributed by atoms with Crippen molar-refractivity contribution in [2.45, 2.75) is 58.1 Å². The van der Waals surface area contributed by atoms with Gasteiger partial charge in [-0.1, -0.05) is 11.2 Å². The molecule has 1 aliphatic rings. The van der Waals surface area contributed by atoms with Crippen molar-refractivity contribution in [3.05, 3.63) is 64.3 Å². The predicted octanol–water partition coefficient (Wildman–Crippen LogP) is 4.41. The summed E-state index contributed by atoms with van der Waals surface area (Å²) in [5, 5.41) is 13.9. The minimum absolute atomic E-state index is 0.0940. The smallest absolute Gasteiger partial charge is 0.252 e. The van der Waals surface area contributed by atoms with Gasteiger partial charge in [-0.3, -0.25) is 9.78 Å². The van der Waals surface area contributed by atoms with E-state index in [4.69, 9.17) is 4.84 Å². The number of rotatable bonds is 5. The fraction of sp³-hybridized carbons (Fsp3) is 0.444. The second-order valence-corrected chi connectivity index (χ2v) is 10.1. The van der Waals surface area contributed by atoms with Crippen LogP contribution < -0.4 is 10.5 Å². The molecular formula is C27H32N6O2. The van der Waals surface area contributed by atoms with Crippen molar-refractivity contribution in [2.24, 2.45) is 18.1 Å². The van der Waals surface area contributed by atoms with Crippen LogP contribution in [-0.4, -0.2) is 38.9 Å². The Kier molecular flexibility index (Phi) is 6.88. The van der Waals surface area contributed by atoms with Crippen molar-refractivity contribution in [2.75, 3.05) is 11.9 Å². The van der Waals surface area contributed by atoms with Crippen LogP contribution in [-0.2, 0) is 11.9 Å². The normalized spacial score (nSPS) is 18.8. The highest BCUT2D eigenvalue weighted by Gasteiger charge is 2.30. The van der Waals surface area contributed by atoms with Gasteiger partial charge in [0.05, 0.1) is 16.9 Å². The molecule has 1 aliphatic carbocycles. The van der Waals surface area contributed by atoms with Gasteiger partial charge in [-0.2, -0.15) is 5.26 Å². The quantitative estimate of drug-likeness (QED) is 0.403. The Hall–Kier alpha value is -3.73. The van der Waals surface area contributed by atoms with Gasteiger partial charge in [-0.25, -0.2) is 4.98 Å². The molecule has 1 saturated carbocycles. The van der Waals surface area contributed by atoms with Gasteiger partial charge in [0.1, 0.15) is 28.6 Å². The molecule has 0 aliphatic heterocycles. The number of pyridine rings is 3. The Morgan fingerprint density at radius 3 is 2.57 bits per heavy atom. The Bertz CT molecular complexity index is 1330. The van der Waals surface area contributed by atoms with Gasteiger partial charge in [-0.05, 0) is 70.7 Å². The molecule has 3 aromatic heterocycles.